The van der Waals surface area contributed by atoms with E-state index < -0.39 is 0 Å². The predicted molar refractivity (Wildman–Crippen MR) is 42.2 cm³/mol. The van der Waals surface area contributed by atoms with Crippen LogP contribution in [0.4, 0.5) is 0 Å². The number of rotatable bonds is 3. The Hall–Kier alpha value is -0.540. The van der Waals surface area contributed by atoms with Gasteiger partial charge in [0.25, 0.3) is 5.82 Å². The van der Waals surface area contributed by atoms with Crippen molar-refractivity contribution in [1.29, 1.82) is 0 Å². The summed E-state index contributed by atoms with van der Waals surface area (Å²) in [6.07, 6.45) is 4.11. The average molecular weight is 191 g/mol. The number of halogens is 1. The molecule has 0 atom stereocenters. The number of nitrogens with zero attached hydrogens (tertiary/aromatic N) is 2. The molecule has 0 radical (unpaired) electrons. The largest absolute Gasteiger partial charge is 1.00 e. The summed E-state index contributed by atoms with van der Waals surface area (Å²) in [5.74, 6) is 1.25. The molecule has 4 heteroatoms. The minimum atomic E-state index is 0. The highest BCUT2D eigenvalue weighted by Gasteiger charge is 2.06. The van der Waals surface area contributed by atoms with Crippen molar-refractivity contribution in [2.45, 2.75) is 13.5 Å². The second kappa shape index (κ2) is 5.17. The molecule has 0 saturated heterocycles. The molecule has 0 unspecified atom stereocenters. The summed E-state index contributed by atoms with van der Waals surface area (Å²) in [5.41, 5.74) is 0. The number of methoxy groups -OCH3 is 1. The first-order valence-electron chi connectivity index (χ1n) is 3.76. The van der Waals surface area contributed by atoms with Gasteiger partial charge in [-0.3, -0.25) is 0 Å². The molecule has 0 saturated carbocycles. The van der Waals surface area contributed by atoms with Gasteiger partial charge in [0.2, 0.25) is 0 Å². The zero-order valence-corrected chi connectivity index (χ0v) is 8.51. The first-order chi connectivity index (χ1) is 5.25. The molecule has 0 spiro atoms. The topological polar surface area (TPSA) is 18.0 Å². The minimum absolute atomic E-state index is 0. The summed E-state index contributed by atoms with van der Waals surface area (Å²) in [4.78, 5) is 0. The lowest BCUT2D eigenvalue weighted by atomic mass is 10.6. The van der Waals surface area contributed by atoms with E-state index in [9.17, 15) is 0 Å². The van der Waals surface area contributed by atoms with E-state index in [4.69, 9.17) is 4.74 Å². The first kappa shape index (κ1) is 11.5. The van der Waals surface area contributed by atoms with Gasteiger partial charge in [-0.2, -0.15) is 0 Å². The fourth-order valence-corrected chi connectivity index (χ4v) is 1.02. The van der Waals surface area contributed by atoms with Crippen molar-refractivity contribution < 1.29 is 21.7 Å². The van der Waals surface area contributed by atoms with E-state index in [2.05, 4.69) is 22.3 Å². The molecular formula is C8H15ClN2O. The van der Waals surface area contributed by atoms with Crippen molar-refractivity contribution in [2.75, 3.05) is 13.7 Å². The van der Waals surface area contributed by atoms with Crippen LogP contribution in [0.5, 0.6) is 0 Å². The van der Waals surface area contributed by atoms with Gasteiger partial charge < -0.3 is 17.1 Å². The molecule has 12 heavy (non-hydrogen) atoms. The molecule has 3 nitrogen and oxygen atoms in total. The molecule has 1 heterocycles. The number of imidazole rings is 1. The van der Waals surface area contributed by atoms with Gasteiger partial charge in [0.1, 0.15) is 18.9 Å². The van der Waals surface area contributed by atoms with Crippen molar-refractivity contribution >= 4 is 0 Å². The van der Waals surface area contributed by atoms with Crippen molar-refractivity contribution in [3.8, 4) is 0 Å². The molecule has 0 fully saturated rings. The number of aryl methyl sites for hydroxylation is 1. The predicted octanol–water partition coefficient (Wildman–Crippen LogP) is -2.73. The Balaban J connectivity index is 0.00000121. The molecule has 1 aromatic rings. The minimum Gasteiger partial charge on any atom is -1.00 e. The molecule has 0 aromatic carbocycles. The second-order valence-electron chi connectivity index (χ2n) is 2.64. The molecule has 1 rings (SSSR count). The van der Waals surface area contributed by atoms with Gasteiger partial charge in [-0.15, -0.1) is 0 Å². The molecular weight excluding hydrogens is 176 g/mol. The molecule has 0 aliphatic heterocycles. The van der Waals surface area contributed by atoms with Gasteiger partial charge in [-0.25, -0.2) is 9.13 Å². The van der Waals surface area contributed by atoms with E-state index >= 15 is 0 Å². The summed E-state index contributed by atoms with van der Waals surface area (Å²) in [6.45, 7) is 3.80. The third kappa shape index (κ3) is 2.50. The summed E-state index contributed by atoms with van der Waals surface area (Å²) >= 11 is 0. The maximum atomic E-state index is 4.98. The molecule has 70 valence electrons. The molecule has 0 amide bonds. The molecule has 0 aliphatic rings. The Morgan fingerprint density at radius 2 is 2.25 bits per heavy atom. The van der Waals surface area contributed by atoms with E-state index in [0.29, 0.717) is 0 Å². The summed E-state index contributed by atoms with van der Waals surface area (Å²) < 4.78 is 9.24. The maximum absolute atomic E-state index is 4.98. The summed E-state index contributed by atoms with van der Waals surface area (Å²) in [5, 5.41) is 0. The first-order valence-corrected chi connectivity index (χ1v) is 3.76. The Bertz CT molecular complexity index is 235. The van der Waals surface area contributed by atoms with Gasteiger partial charge >= 0.3 is 0 Å². The Kier molecular flexibility index (Phi) is 4.93. The average Bonchev–Trinajstić information content (AvgIpc) is 2.31. The zero-order chi connectivity index (χ0) is 8.27. The highest BCUT2D eigenvalue weighted by Crippen LogP contribution is 1.91. The SMILES string of the molecule is COCCn1cc[n+](C)c1C.[Cl-]. The maximum Gasteiger partial charge on any atom is 0.253 e. The lowest BCUT2D eigenvalue weighted by Gasteiger charge is -1.96. The standard InChI is InChI=1S/C8H15N2O.ClH/c1-8-9(2)4-5-10(8)6-7-11-3;/h4-5H,6-7H2,1-3H3;1H/q+1;/p-1. The monoisotopic (exact) mass is 190 g/mol. The number of hydrogen-bond donors (Lipinski definition) is 0. The lowest BCUT2D eigenvalue weighted by Crippen LogP contribution is -3.00. The third-order valence-corrected chi connectivity index (χ3v) is 1.93. The van der Waals surface area contributed by atoms with Crippen LogP contribution in [0.25, 0.3) is 0 Å². The van der Waals surface area contributed by atoms with E-state index in [1.165, 1.54) is 5.82 Å². The lowest BCUT2D eigenvalue weighted by molar-refractivity contribution is -0.677. The van der Waals surface area contributed by atoms with E-state index in [0.717, 1.165) is 13.2 Å². The molecule has 1 aromatic heterocycles. The van der Waals surface area contributed by atoms with Crippen molar-refractivity contribution in [3.05, 3.63) is 18.2 Å². The van der Waals surface area contributed by atoms with Crippen LogP contribution in [0.3, 0.4) is 0 Å². The number of aromatic nitrogens is 2. The fraction of sp³-hybridized carbons (Fsp3) is 0.625. The Morgan fingerprint density at radius 3 is 2.67 bits per heavy atom. The highest BCUT2D eigenvalue weighted by atomic mass is 35.5. The van der Waals surface area contributed by atoms with Gasteiger partial charge in [0, 0.05) is 14.0 Å². The third-order valence-electron chi connectivity index (χ3n) is 1.93. The number of ether oxygens (including phenoxy) is 1. The van der Waals surface area contributed by atoms with Crippen LogP contribution in [0, 0.1) is 6.92 Å². The second-order valence-corrected chi connectivity index (χ2v) is 2.64. The van der Waals surface area contributed by atoms with Crippen molar-refractivity contribution in [1.82, 2.24) is 4.57 Å². The van der Waals surface area contributed by atoms with Crippen molar-refractivity contribution in [3.63, 3.8) is 0 Å². The Labute approximate surface area is 79.4 Å². The summed E-state index contributed by atoms with van der Waals surface area (Å²) in [6, 6.07) is 0. The smallest absolute Gasteiger partial charge is 0.253 e. The van der Waals surface area contributed by atoms with Gasteiger partial charge in [0.05, 0.1) is 13.7 Å². The fourth-order valence-electron chi connectivity index (χ4n) is 1.02. The van der Waals surface area contributed by atoms with Crippen LogP contribution in [0.2, 0.25) is 0 Å². The van der Waals surface area contributed by atoms with Crippen LogP contribution >= 0.6 is 0 Å². The van der Waals surface area contributed by atoms with Gasteiger partial charge in [-0.05, 0) is 0 Å². The van der Waals surface area contributed by atoms with Crippen LogP contribution < -0.4 is 17.0 Å². The van der Waals surface area contributed by atoms with Crippen molar-refractivity contribution in [2.24, 2.45) is 7.05 Å². The summed E-state index contributed by atoms with van der Waals surface area (Å²) in [7, 11) is 3.76. The normalized spacial score (nSPS) is 9.58. The van der Waals surface area contributed by atoms with E-state index in [-0.39, 0.29) is 12.4 Å². The van der Waals surface area contributed by atoms with Gasteiger partial charge in [-0.1, -0.05) is 0 Å². The van der Waals surface area contributed by atoms with Crippen LogP contribution in [0.1, 0.15) is 5.82 Å². The van der Waals surface area contributed by atoms with Gasteiger partial charge in [0.15, 0.2) is 0 Å². The van der Waals surface area contributed by atoms with E-state index in [1.54, 1.807) is 7.11 Å². The van der Waals surface area contributed by atoms with E-state index in [1.807, 2.05) is 13.2 Å². The molecule has 0 aliphatic carbocycles. The van der Waals surface area contributed by atoms with Crippen LogP contribution in [-0.4, -0.2) is 18.3 Å². The highest BCUT2D eigenvalue weighted by molar-refractivity contribution is 4.78. The zero-order valence-electron chi connectivity index (χ0n) is 7.75. The molecule has 0 N–H and O–H groups in total. The number of hydrogen-bond acceptors (Lipinski definition) is 1. The van der Waals surface area contributed by atoms with Crippen LogP contribution in [-0.2, 0) is 18.3 Å². The molecule has 0 bridgehead atoms. The van der Waals surface area contributed by atoms with Crippen LogP contribution in [0.15, 0.2) is 12.4 Å². The Morgan fingerprint density at radius 1 is 1.58 bits per heavy atom. The quantitative estimate of drug-likeness (QED) is 0.474.